The number of aryl methyl sites for hydroxylation is 1. The first-order valence-electron chi connectivity index (χ1n) is 4.70. The minimum Gasteiger partial charge on any atom is -0.358 e. The number of nitrogens with one attached hydrogen (secondary N) is 2. The van der Waals surface area contributed by atoms with Gasteiger partial charge in [-0.05, 0) is 13.0 Å². The first kappa shape index (κ1) is 10.7. The molecule has 0 aromatic carbocycles. The molecule has 1 amide bonds. The van der Waals surface area contributed by atoms with Crippen molar-refractivity contribution in [3.05, 3.63) is 18.7 Å². The zero-order valence-corrected chi connectivity index (χ0v) is 8.36. The number of amides is 1. The van der Waals surface area contributed by atoms with E-state index >= 15 is 0 Å². The first-order chi connectivity index (χ1) is 6.83. The highest BCUT2D eigenvalue weighted by atomic mass is 16.1. The molecule has 0 saturated carbocycles. The minimum atomic E-state index is 0.0210. The van der Waals surface area contributed by atoms with Crippen molar-refractivity contribution in [3.8, 4) is 0 Å². The molecular weight excluding hydrogens is 180 g/mol. The van der Waals surface area contributed by atoms with Gasteiger partial charge in [-0.2, -0.15) is 0 Å². The Balaban J connectivity index is 1.97. The fourth-order valence-electron chi connectivity index (χ4n) is 1.10. The Hall–Kier alpha value is -1.36. The van der Waals surface area contributed by atoms with Crippen molar-refractivity contribution in [2.45, 2.75) is 13.0 Å². The van der Waals surface area contributed by atoms with Crippen LogP contribution in [0.3, 0.4) is 0 Å². The van der Waals surface area contributed by atoms with Crippen molar-refractivity contribution >= 4 is 5.91 Å². The Labute approximate surface area is 83.5 Å². The van der Waals surface area contributed by atoms with Gasteiger partial charge >= 0.3 is 0 Å². The van der Waals surface area contributed by atoms with Crippen LogP contribution in [0.4, 0.5) is 0 Å². The van der Waals surface area contributed by atoms with Crippen molar-refractivity contribution in [1.29, 1.82) is 0 Å². The number of hydrogen-bond donors (Lipinski definition) is 2. The zero-order chi connectivity index (χ0) is 10.2. The van der Waals surface area contributed by atoms with E-state index in [1.807, 2.05) is 10.8 Å². The summed E-state index contributed by atoms with van der Waals surface area (Å²) in [6.07, 6.45) is 6.48. The maximum absolute atomic E-state index is 10.8. The topological polar surface area (TPSA) is 59.0 Å². The molecule has 0 saturated heterocycles. The van der Waals surface area contributed by atoms with Gasteiger partial charge < -0.3 is 15.2 Å². The number of nitrogens with zero attached hydrogens (tertiary/aromatic N) is 2. The van der Waals surface area contributed by atoms with Crippen LogP contribution in [-0.4, -0.2) is 35.6 Å². The fourth-order valence-corrected chi connectivity index (χ4v) is 1.10. The van der Waals surface area contributed by atoms with Crippen molar-refractivity contribution < 1.29 is 4.79 Å². The lowest BCUT2D eigenvalue weighted by molar-refractivity contribution is -0.119. The number of rotatable bonds is 6. The molecule has 1 aromatic heterocycles. The number of carbonyl (C=O) groups excluding carboxylic acids is 1. The average Bonchev–Trinajstić information content (AvgIpc) is 2.69. The zero-order valence-electron chi connectivity index (χ0n) is 8.36. The van der Waals surface area contributed by atoms with E-state index in [2.05, 4.69) is 15.6 Å². The Kier molecular flexibility index (Phi) is 4.71. The van der Waals surface area contributed by atoms with Crippen LogP contribution in [0.1, 0.15) is 6.42 Å². The molecule has 0 aliphatic heterocycles. The van der Waals surface area contributed by atoms with Gasteiger partial charge in [-0.1, -0.05) is 0 Å². The molecule has 78 valence electrons. The third-order valence-electron chi connectivity index (χ3n) is 1.89. The summed E-state index contributed by atoms with van der Waals surface area (Å²) < 4.78 is 2.02. The monoisotopic (exact) mass is 196 g/mol. The summed E-state index contributed by atoms with van der Waals surface area (Å²) in [4.78, 5) is 14.8. The van der Waals surface area contributed by atoms with E-state index in [-0.39, 0.29) is 5.91 Å². The van der Waals surface area contributed by atoms with Crippen LogP contribution in [-0.2, 0) is 11.3 Å². The van der Waals surface area contributed by atoms with Crippen LogP contribution < -0.4 is 10.6 Å². The summed E-state index contributed by atoms with van der Waals surface area (Å²) in [5.74, 6) is 0.0210. The molecule has 5 nitrogen and oxygen atoms in total. The second-order valence-corrected chi connectivity index (χ2v) is 3.00. The molecule has 1 heterocycles. The molecule has 5 heteroatoms. The van der Waals surface area contributed by atoms with Crippen LogP contribution in [0, 0.1) is 0 Å². The summed E-state index contributed by atoms with van der Waals surface area (Å²) in [5, 5.41) is 5.61. The van der Waals surface area contributed by atoms with E-state index < -0.39 is 0 Å². The predicted octanol–water partition coefficient (Wildman–Crippen LogP) is -0.391. The number of likely N-dealkylation sites (N-methyl/N-ethyl adjacent to an activating group) is 1. The highest BCUT2D eigenvalue weighted by Crippen LogP contribution is 1.88. The van der Waals surface area contributed by atoms with Crippen LogP contribution in [0.25, 0.3) is 0 Å². The van der Waals surface area contributed by atoms with Crippen molar-refractivity contribution in [1.82, 2.24) is 20.2 Å². The quantitative estimate of drug-likeness (QED) is 0.609. The normalized spacial score (nSPS) is 10.1. The third-order valence-corrected chi connectivity index (χ3v) is 1.89. The maximum atomic E-state index is 10.8. The highest BCUT2D eigenvalue weighted by molar-refractivity contribution is 5.77. The fraction of sp³-hybridized carbons (Fsp3) is 0.556. The van der Waals surface area contributed by atoms with Gasteiger partial charge in [0.2, 0.25) is 5.91 Å². The van der Waals surface area contributed by atoms with E-state index in [1.54, 1.807) is 19.6 Å². The van der Waals surface area contributed by atoms with E-state index in [0.717, 1.165) is 19.5 Å². The largest absolute Gasteiger partial charge is 0.358 e. The molecule has 0 fully saturated rings. The highest BCUT2D eigenvalue weighted by Gasteiger charge is 1.95. The Bertz CT molecular complexity index is 258. The van der Waals surface area contributed by atoms with E-state index in [0.29, 0.717) is 6.54 Å². The molecular formula is C9H16N4O. The Morgan fingerprint density at radius 1 is 1.57 bits per heavy atom. The predicted molar refractivity (Wildman–Crippen MR) is 53.8 cm³/mol. The van der Waals surface area contributed by atoms with E-state index in [9.17, 15) is 4.79 Å². The number of aromatic nitrogens is 2. The third kappa shape index (κ3) is 4.04. The molecule has 1 rings (SSSR count). The first-order valence-corrected chi connectivity index (χ1v) is 4.70. The molecule has 1 aromatic rings. The molecule has 0 bridgehead atoms. The standard InChI is InChI=1S/C9H16N4O/c1-10-9(14)7-11-3-2-5-13-6-4-12-8-13/h4,6,8,11H,2-3,5,7H2,1H3,(H,10,14). The lowest BCUT2D eigenvalue weighted by Crippen LogP contribution is -2.32. The Morgan fingerprint density at radius 3 is 3.07 bits per heavy atom. The number of hydrogen-bond acceptors (Lipinski definition) is 3. The molecule has 2 N–H and O–H groups in total. The second kappa shape index (κ2) is 6.15. The van der Waals surface area contributed by atoms with Crippen molar-refractivity contribution in [3.63, 3.8) is 0 Å². The van der Waals surface area contributed by atoms with Gasteiger partial charge in [0.05, 0.1) is 12.9 Å². The van der Waals surface area contributed by atoms with Crippen molar-refractivity contribution in [2.75, 3.05) is 20.1 Å². The summed E-state index contributed by atoms with van der Waals surface area (Å²) >= 11 is 0. The van der Waals surface area contributed by atoms with Crippen LogP contribution >= 0.6 is 0 Å². The van der Waals surface area contributed by atoms with Crippen LogP contribution in [0.15, 0.2) is 18.7 Å². The second-order valence-electron chi connectivity index (χ2n) is 3.00. The van der Waals surface area contributed by atoms with Crippen molar-refractivity contribution in [2.24, 2.45) is 0 Å². The molecule has 0 aliphatic carbocycles. The molecule has 0 unspecified atom stereocenters. The van der Waals surface area contributed by atoms with Gasteiger partial charge in [0.25, 0.3) is 0 Å². The number of carbonyl (C=O) groups is 1. The van der Waals surface area contributed by atoms with E-state index in [1.165, 1.54) is 0 Å². The van der Waals surface area contributed by atoms with Gasteiger partial charge in [-0.3, -0.25) is 4.79 Å². The van der Waals surface area contributed by atoms with Gasteiger partial charge in [-0.25, -0.2) is 4.98 Å². The van der Waals surface area contributed by atoms with Crippen LogP contribution in [0.2, 0.25) is 0 Å². The minimum absolute atomic E-state index is 0.0210. The van der Waals surface area contributed by atoms with Gasteiger partial charge in [-0.15, -0.1) is 0 Å². The summed E-state index contributed by atoms with van der Waals surface area (Å²) in [5.41, 5.74) is 0. The molecule has 0 spiro atoms. The Morgan fingerprint density at radius 2 is 2.43 bits per heavy atom. The molecule has 14 heavy (non-hydrogen) atoms. The van der Waals surface area contributed by atoms with Gasteiger partial charge in [0, 0.05) is 26.0 Å². The van der Waals surface area contributed by atoms with E-state index in [4.69, 9.17) is 0 Å². The number of imidazole rings is 1. The lowest BCUT2D eigenvalue weighted by atomic mass is 10.4. The smallest absolute Gasteiger partial charge is 0.233 e. The summed E-state index contributed by atoms with van der Waals surface area (Å²) in [6.45, 7) is 2.16. The van der Waals surface area contributed by atoms with Gasteiger partial charge in [0.15, 0.2) is 0 Å². The van der Waals surface area contributed by atoms with Crippen LogP contribution in [0.5, 0.6) is 0 Å². The lowest BCUT2D eigenvalue weighted by Gasteiger charge is -2.04. The SMILES string of the molecule is CNC(=O)CNCCCn1ccnc1. The molecule has 0 radical (unpaired) electrons. The van der Waals surface area contributed by atoms with Gasteiger partial charge in [0.1, 0.15) is 0 Å². The molecule has 0 aliphatic rings. The summed E-state index contributed by atoms with van der Waals surface area (Å²) in [6, 6.07) is 0. The summed E-state index contributed by atoms with van der Waals surface area (Å²) in [7, 11) is 1.63. The maximum Gasteiger partial charge on any atom is 0.233 e. The average molecular weight is 196 g/mol. The molecule has 0 atom stereocenters.